The average Bonchev–Trinajstić information content (AvgIpc) is 2.17. The molecule has 0 N–H and O–H groups in total. The minimum atomic E-state index is -0.570. The van der Waals surface area contributed by atoms with Crippen molar-refractivity contribution in [3.8, 4) is 6.07 Å². The molecule has 15 heavy (non-hydrogen) atoms. The summed E-state index contributed by atoms with van der Waals surface area (Å²) in [6.45, 7) is 1.63. The number of rotatable bonds is 3. The molecule has 4 heteroatoms. The van der Waals surface area contributed by atoms with Crippen molar-refractivity contribution in [2.24, 2.45) is 0 Å². The number of alkyl halides is 1. The zero-order chi connectivity index (χ0) is 11.4. The molecule has 0 fully saturated rings. The topological polar surface area (TPSA) is 40.9 Å². The summed E-state index contributed by atoms with van der Waals surface area (Å²) in [6, 6.07) is 6.23. The van der Waals surface area contributed by atoms with Crippen LogP contribution in [0, 0.1) is 17.1 Å². The molecule has 0 radical (unpaired) electrons. The van der Waals surface area contributed by atoms with Crippen LogP contribution in [0.25, 0.3) is 0 Å². The number of hydrogen-bond donors (Lipinski definition) is 0. The van der Waals surface area contributed by atoms with E-state index in [0.717, 1.165) is 0 Å². The Labute approximate surface area is 95.8 Å². The molecular formula is C11H9BrFNO. The normalized spacial score (nSPS) is 11.9. The first kappa shape index (κ1) is 11.9. The molecule has 0 bridgehead atoms. The van der Waals surface area contributed by atoms with Crippen LogP contribution in [0.3, 0.4) is 0 Å². The number of nitriles is 1. The molecule has 1 unspecified atom stereocenters. The highest BCUT2D eigenvalue weighted by atomic mass is 79.9. The Balaban J connectivity index is 3.25. The van der Waals surface area contributed by atoms with E-state index >= 15 is 0 Å². The molecule has 1 atom stereocenters. The summed E-state index contributed by atoms with van der Waals surface area (Å²) in [6.07, 6.45) is 0.0402. The molecule has 78 valence electrons. The molecule has 0 saturated heterocycles. The molecule has 2 nitrogen and oxygen atoms in total. The van der Waals surface area contributed by atoms with Gasteiger partial charge in [-0.1, -0.05) is 28.1 Å². The van der Waals surface area contributed by atoms with E-state index in [1.54, 1.807) is 13.0 Å². The van der Waals surface area contributed by atoms with E-state index in [1.807, 2.05) is 6.07 Å². The van der Waals surface area contributed by atoms with E-state index in [1.165, 1.54) is 12.1 Å². The van der Waals surface area contributed by atoms with Gasteiger partial charge in [-0.3, -0.25) is 4.79 Å². The SMILES string of the molecule is CC(Br)C(=O)c1c(F)cccc1CC#N. The van der Waals surface area contributed by atoms with E-state index in [-0.39, 0.29) is 17.8 Å². The second kappa shape index (κ2) is 5.04. The zero-order valence-electron chi connectivity index (χ0n) is 8.13. The predicted molar refractivity (Wildman–Crippen MR) is 58.4 cm³/mol. The van der Waals surface area contributed by atoms with Gasteiger partial charge >= 0.3 is 0 Å². The Morgan fingerprint density at radius 3 is 2.87 bits per heavy atom. The second-order valence-corrected chi connectivity index (χ2v) is 4.46. The Kier molecular flexibility index (Phi) is 3.98. The van der Waals surface area contributed by atoms with Crippen LogP contribution in [-0.4, -0.2) is 10.6 Å². The molecule has 1 rings (SSSR count). The fraction of sp³-hybridized carbons (Fsp3) is 0.273. The lowest BCUT2D eigenvalue weighted by Crippen LogP contribution is -2.14. The number of halogens is 2. The Morgan fingerprint density at radius 2 is 2.33 bits per heavy atom. The van der Waals surface area contributed by atoms with Crippen molar-refractivity contribution in [1.82, 2.24) is 0 Å². The number of ketones is 1. The maximum Gasteiger partial charge on any atom is 0.179 e. The summed E-state index contributed by atoms with van der Waals surface area (Å²) in [5.41, 5.74) is 0.456. The van der Waals surface area contributed by atoms with Crippen LogP contribution < -0.4 is 0 Å². The van der Waals surface area contributed by atoms with Crippen molar-refractivity contribution in [1.29, 1.82) is 5.26 Å². The lowest BCUT2D eigenvalue weighted by atomic mass is 9.99. The minimum Gasteiger partial charge on any atom is -0.293 e. The van der Waals surface area contributed by atoms with Crippen LogP contribution in [0.2, 0.25) is 0 Å². The summed E-state index contributed by atoms with van der Waals surface area (Å²) in [4.78, 5) is 11.2. The highest BCUT2D eigenvalue weighted by Crippen LogP contribution is 2.18. The molecule has 1 aromatic carbocycles. The van der Waals surface area contributed by atoms with Gasteiger partial charge in [0.1, 0.15) is 5.82 Å². The first-order chi connectivity index (χ1) is 7.07. The number of carbonyl (C=O) groups is 1. The Bertz CT molecular complexity index is 423. The molecule has 0 heterocycles. The maximum absolute atomic E-state index is 13.4. The molecule has 0 aliphatic carbocycles. The lowest BCUT2D eigenvalue weighted by molar-refractivity contribution is 0.0991. The molecule has 1 aromatic rings. The Hall–Kier alpha value is -1.21. The van der Waals surface area contributed by atoms with Crippen molar-refractivity contribution < 1.29 is 9.18 Å². The van der Waals surface area contributed by atoms with Gasteiger partial charge in [-0.2, -0.15) is 5.26 Å². The molecule has 0 aliphatic heterocycles. The van der Waals surface area contributed by atoms with Crippen LogP contribution in [0.15, 0.2) is 18.2 Å². The smallest absolute Gasteiger partial charge is 0.179 e. The second-order valence-electron chi connectivity index (χ2n) is 3.09. The number of hydrogen-bond acceptors (Lipinski definition) is 2. The standard InChI is InChI=1S/C11H9BrFNO/c1-7(12)11(15)10-8(5-6-14)3-2-4-9(10)13/h2-4,7H,5H2,1H3. The monoisotopic (exact) mass is 269 g/mol. The highest BCUT2D eigenvalue weighted by molar-refractivity contribution is 9.10. The van der Waals surface area contributed by atoms with Crippen LogP contribution >= 0.6 is 15.9 Å². The van der Waals surface area contributed by atoms with Gasteiger partial charge in [-0.05, 0) is 18.6 Å². The molecule has 0 saturated carbocycles. The first-order valence-corrected chi connectivity index (χ1v) is 5.32. The fourth-order valence-electron chi connectivity index (χ4n) is 1.28. The van der Waals surface area contributed by atoms with Crippen LogP contribution in [0.4, 0.5) is 4.39 Å². The molecular weight excluding hydrogens is 261 g/mol. The zero-order valence-corrected chi connectivity index (χ0v) is 9.71. The summed E-state index contributed by atoms with van der Waals surface area (Å²) < 4.78 is 13.4. The largest absolute Gasteiger partial charge is 0.293 e. The number of benzene rings is 1. The van der Waals surface area contributed by atoms with E-state index in [0.29, 0.717) is 5.56 Å². The van der Waals surface area contributed by atoms with E-state index in [4.69, 9.17) is 5.26 Å². The van der Waals surface area contributed by atoms with Crippen molar-refractivity contribution >= 4 is 21.7 Å². The van der Waals surface area contributed by atoms with Gasteiger partial charge in [0.05, 0.1) is 22.9 Å². The van der Waals surface area contributed by atoms with E-state index in [2.05, 4.69) is 15.9 Å². The van der Waals surface area contributed by atoms with Crippen LogP contribution in [0.5, 0.6) is 0 Å². The maximum atomic E-state index is 13.4. The average molecular weight is 270 g/mol. The minimum absolute atomic E-state index is 0.0171. The third kappa shape index (κ3) is 2.63. The van der Waals surface area contributed by atoms with Crippen molar-refractivity contribution in [2.75, 3.05) is 0 Å². The van der Waals surface area contributed by atoms with Gasteiger partial charge in [-0.15, -0.1) is 0 Å². The van der Waals surface area contributed by atoms with Crippen molar-refractivity contribution in [2.45, 2.75) is 18.2 Å². The van der Waals surface area contributed by atoms with Gasteiger partial charge in [0.2, 0.25) is 0 Å². The molecule has 0 aromatic heterocycles. The lowest BCUT2D eigenvalue weighted by Gasteiger charge is -2.08. The van der Waals surface area contributed by atoms with Crippen LogP contribution in [-0.2, 0) is 6.42 Å². The Morgan fingerprint density at radius 1 is 1.67 bits per heavy atom. The van der Waals surface area contributed by atoms with Crippen LogP contribution in [0.1, 0.15) is 22.8 Å². The third-order valence-corrected chi connectivity index (χ3v) is 2.39. The first-order valence-electron chi connectivity index (χ1n) is 4.40. The fourth-order valence-corrected chi connectivity index (χ4v) is 1.51. The summed E-state index contributed by atoms with van der Waals surface area (Å²) >= 11 is 3.10. The van der Waals surface area contributed by atoms with Crippen molar-refractivity contribution in [3.05, 3.63) is 35.1 Å². The predicted octanol–water partition coefficient (Wildman–Crippen LogP) is 2.86. The van der Waals surface area contributed by atoms with Gasteiger partial charge in [0.15, 0.2) is 5.78 Å². The van der Waals surface area contributed by atoms with Crippen molar-refractivity contribution in [3.63, 3.8) is 0 Å². The van der Waals surface area contributed by atoms with E-state index < -0.39 is 10.6 Å². The summed E-state index contributed by atoms with van der Waals surface area (Å²) in [5.74, 6) is -0.905. The molecule has 0 amide bonds. The number of nitrogens with zero attached hydrogens (tertiary/aromatic N) is 1. The summed E-state index contributed by atoms with van der Waals surface area (Å²) in [7, 11) is 0. The third-order valence-electron chi connectivity index (χ3n) is 1.98. The van der Waals surface area contributed by atoms with Gasteiger partial charge < -0.3 is 0 Å². The molecule has 0 spiro atoms. The molecule has 0 aliphatic rings. The van der Waals surface area contributed by atoms with Gasteiger partial charge in [0, 0.05) is 0 Å². The van der Waals surface area contributed by atoms with E-state index in [9.17, 15) is 9.18 Å². The van der Waals surface area contributed by atoms with Gasteiger partial charge in [0.25, 0.3) is 0 Å². The number of Topliss-reactive ketones (excluding diaryl/α,β-unsaturated/α-hetero) is 1. The highest BCUT2D eigenvalue weighted by Gasteiger charge is 2.19. The van der Waals surface area contributed by atoms with Gasteiger partial charge in [-0.25, -0.2) is 4.39 Å². The quantitative estimate of drug-likeness (QED) is 0.626. The summed E-state index contributed by atoms with van der Waals surface area (Å²) in [5, 5.41) is 8.56. The number of carbonyl (C=O) groups excluding carboxylic acids is 1.